The molecule has 0 aromatic carbocycles. The molecule has 2 heterocycles. The lowest BCUT2D eigenvalue weighted by molar-refractivity contribution is 0.362. The van der Waals surface area contributed by atoms with Crippen LogP contribution < -0.4 is 5.73 Å². The highest BCUT2D eigenvalue weighted by atomic mass is 32.2. The van der Waals surface area contributed by atoms with Crippen LogP contribution in [0.2, 0.25) is 0 Å². The van der Waals surface area contributed by atoms with E-state index >= 15 is 0 Å². The second kappa shape index (κ2) is 4.18. The number of aromatic nitrogens is 1. The van der Waals surface area contributed by atoms with Crippen LogP contribution in [0.3, 0.4) is 0 Å². The molecule has 1 aliphatic rings. The molecular formula is C10H16N2O3S. The Hall–Kier alpha value is -0.880. The van der Waals surface area contributed by atoms with Crippen molar-refractivity contribution in [3.8, 4) is 0 Å². The van der Waals surface area contributed by atoms with Gasteiger partial charge in [0.05, 0.1) is 17.2 Å². The van der Waals surface area contributed by atoms with Crippen molar-refractivity contribution >= 4 is 9.84 Å². The lowest BCUT2D eigenvalue weighted by Crippen LogP contribution is -2.08. The fourth-order valence-corrected chi connectivity index (χ4v) is 3.92. The Labute approximate surface area is 94.9 Å². The fraction of sp³-hybridized carbons (Fsp3) is 0.700. The molecule has 1 fully saturated rings. The molecule has 0 saturated carbocycles. The summed E-state index contributed by atoms with van der Waals surface area (Å²) < 4.78 is 28.1. The third kappa shape index (κ3) is 2.12. The molecule has 0 radical (unpaired) electrons. The van der Waals surface area contributed by atoms with E-state index in [9.17, 15) is 8.42 Å². The molecule has 0 amide bonds. The summed E-state index contributed by atoms with van der Waals surface area (Å²) >= 11 is 0. The lowest BCUT2D eigenvalue weighted by Gasteiger charge is -2.05. The third-order valence-corrected chi connectivity index (χ3v) is 4.78. The van der Waals surface area contributed by atoms with Gasteiger partial charge >= 0.3 is 0 Å². The molecule has 1 saturated heterocycles. The normalized spacial score (nSPS) is 23.8. The van der Waals surface area contributed by atoms with Crippen molar-refractivity contribution in [3.63, 3.8) is 0 Å². The van der Waals surface area contributed by atoms with E-state index in [4.69, 9.17) is 10.3 Å². The number of nitrogens with zero attached hydrogens (tertiary/aromatic N) is 1. The average Bonchev–Trinajstić information content (AvgIpc) is 2.72. The zero-order chi connectivity index (χ0) is 11.8. The summed E-state index contributed by atoms with van der Waals surface area (Å²) in [7, 11) is -2.89. The molecule has 90 valence electrons. The number of sulfone groups is 1. The summed E-state index contributed by atoms with van der Waals surface area (Å²) in [5, 5.41) is 3.90. The predicted octanol–water partition coefficient (Wildman–Crippen LogP) is 0.386. The monoisotopic (exact) mass is 244 g/mol. The summed E-state index contributed by atoms with van der Waals surface area (Å²) in [6.45, 7) is 2.38. The zero-order valence-corrected chi connectivity index (χ0v) is 10.1. The van der Waals surface area contributed by atoms with E-state index < -0.39 is 9.84 Å². The molecule has 0 aliphatic carbocycles. The van der Waals surface area contributed by atoms with Crippen LogP contribution in [0.4, 0.5) is 0 Å². The van der Waals surface area contributed by atoms with Crippen molar-refractivity contribution in [2.45, 2.75) is 25.7 Å². The standard InChI is InChI=1S/C10H16N2O3S/c1-7-9(2-4-11)10(15-12-7)8-3-5-16(13,14)6-8/h8H,2-6,11H2,1H3. The van der Waals surface area contributed by atoms with E-state index in [0.29, 0.717) is 19.4 Å². The summed E-state index contributed by atoms with van der Waals surface area (Å²) in [5.74, 6) is 1.12. The van der Waals surface area contributed by atoms with Crippen LogP contribution in [-0.2, 0) is 16.3 Å². The van der Waals surface area contributed by atoms with Crippen LogP contribution >= 0.6 is 0 Å². The predicted molar refractivity (Wildman–Crippen MR) is 60.0 cm³/mol. The van der Waals surface area contributed by atoms with Gasteiger partial charge in [-0.2, -0.15) is 0 Å². The molecular weight excluding hydrogens is 228 g/mol. The molecule has 2 rings (SSSR count). The first kappa shape index (κ1) is 11.6. The van der Waals surface area contributed by atoms with Crippen molar-refractivity contribution in [3.05, 3.63) is 17.0 Å². The van der Waals surface area contributed by atoms with Crippen LogP contribution in [0.25, 0.3) is 0 Å². The molecule has 0 bridgehead atoms. The minimum Gasteiger partial charge on any atom is -0.361 e. The van der Waals surface area contributed by atoms with Gasteiger partial charge in [-0.15, -0.1) is 0 Å². The van der Waals surface area contributed by atoms with Crippen molar-refractivity contribution in [2.24, 2.45) is 5.73 Å². The lowest BCUT2D eigenvalue weighted by atomic mass is 9.99. The molecule has 2 N–H and O–H groups in total. The summed E-state index contributed by atoms with van der Waals surface area (Å²) in [5.41, 5.74) is 7.34. The van der Waals surface area contributed by atoms with Crippen LogP contribution in [0, 0.1) is 6.92 Å². The summed E-state index contributed by atoms with van der Waals surface area (Å²) in [6, 6.07) is 0. The van der Waals surface area contributed by atoms with Crippen LogP contribution in [0.5, 0.6) is 0 Å². The SMILES string of the molecule is Cc1noc(C2CCS(=O)(=O)C2)c1CCN. The molecule has 1 aliphatic heterocycles. The van der Waals surface area contributed by atoms with E-state index in [-0.39, 0.29) is 17.4 Å². The minimum atomic E-state index is -2.89. The zero-order valence-electron chi connectivity index (χ0n) is 9.27. The van der Waals surface area contributed by atoms with Gasteiger partial charge in [-0.25, -0.2) is 8.42 Å². The maximum Gasteiger partial charge on any atom is 0.151 e. The minimum absolute atomic E-state index is 0.0345. The molecule has 1 aromatic heterocycles. The Morgan fingerprint density at radius 1 is 1.56 bits per heavy atom. The van der Waals surface area contributed by atoms with Gasteiger partial charge in [-0.05, 0) is 26.3 Å². The number of rotatable bonds is 3. The molecule has 16 heavy (non-hydrogen) atoms. The Bertz CT molecular complexity index is 478. The smallest absolute Gasteiger partial charge is 0.151 e. The van der Waals surface area contributed by atoms with E-state index in [1.807, 2.05) is 6.92 Å². The highest BCUT2D eigenvalue weighted by molar-refractivity contribution is 7.91. The molecule has 0 spiro atoms. The topological polar surface area (TPSA) is 86.2 Å². The number of aryl methyl sites for hydroxylation is 1. The third-order valence-electron chi connectivity index (χ3n) is 3.01. The molecule has 5 nitrogen and oxygen atoms in total. The fourth-order valence-electron chi connectivity index (χ4n) is 2.18. The molecule has 1 unspecified atom stereocenters. The van der Waals surface area contributed by atoms with Gasteiger partial charge in [-0.3, -0.25) is 0 Å². The van der Waals surface area contributed by atoms with E-state index in [0.717, 1.165) is 17.0 Å². The van der Waals surface area contributed by atoms with Crippen molar-refractivity contribution < 1.29 is 12.9 Å². The largest absolute Gasteiger partial charge is 0.361 e. The maximum atomic E-state index is 11.4. The van der Waals surface area contributed by atoms with Gasteiger partial charge in [0.2, 0.25) is 0 Å². The Morgan fingerprint density at radius 3 is 2.88 bits per heavy atom. The first-order valence-corrected chi connectivity index (χ1v) is 7.21. The maximum absolute atomic E-state index is 11.4. The second-order valence-corrected chi connectivity index (χ2v) is 6.48. The van der Waals surface area contributed by atoms with Crippen LogP contribution in [0.1, 0.15) is 29.4 Å². The quantitative estimate of drug-likeness (QED) is 0.831. The van der Waals surface area contributed by atoms with Crippen molar-refractivity contribution in [1.29, 1.82) is 0 Å². The number of nitrogens with two attached hydrogens (primary N) is 1. The van der Waals surface area contributed by atoms with Crippen LogP contribution in [0.15, 0.2) is 4.52 Å². The van der Waals surface area contributed by atoms with Gasteiger partial charge in [-0.1, -0.05) is 5.16 Å². The number of hydrogen-bond acceptors (Lipinski definition) is 5. The number of hydrogen-bond donors (Lipinski definition) is 1. The Morgan fingerprint density at radius 2 is 2.31 bits per heavy atom. The summed E-state index contributed by atoms with van der Waals surface area (Å²) in [4.78, 5) is 0. The van der Waals surface area contributed by atoms with Gasteiger partial charge in [0.25, 0.3) is 0 Å². The van der Waals surface area contributed by atoms with Gasteiger partial charge < -0.3 is 10.3 Å². The average molecular weight is 244 g/mol. The van der Waals surface area contributed by atoms with E-state index in [1.165, 1.54) is 0 Å². The van der Waals surface area contributed by atoms with Crippen LogP contribution in [-0.4, -0.2) is 31.6 Å². The Balaban J connectivity index is 2.28. The van der Waals surface area contributed by atoms with E-state index in [2.05, 4.69) is 5.16 Å². The highest BCUT2D eigenvalue weighted by Gasteiger charge is 2.33. The first-order valence-electron chi connectivity index (χ1n) is 5.39. The van der Waals surface area contributed by atoms with Gasteiger partial charge in [0, 0.05) is 11.5 Å². The van der Waals surface area contributed by atoms with Crippen molar-refractivity contribution in [1.82, 2.24) is 5.16 Å². The van der Waals surface area contributed by atoms with Crippen molar-refractivity contribution in [2.75, 3.05) is 18.1 Å². The summed E-state index contributed by atoms with van der Waals surface area (Å²) in [6.07, 6.45) is 1.33. The molecule has 1 aromatic rings. The molecule has 6 heteroatoms. The van der Waals surface area contributed by atoms with Gasteiger partial charge in [0.15, 0.2) is 9.84 Å². The Kier molecular flexibility index (Phi) is 3.03. The van der Waals surface area contributed by atoms with E-state index in [1.54, 1.807) is 0 Å². The van der Waals surface area contributed by atoms with Gasteiger partial charge in [0.1, 0.15) is 5.76 Å². The first-order chi connectivity index (χ1) is 7.53. The highest BCUT2D eigenvalue weighted by Crippen LogP contribution is 2.32. The second-order valence-electron chi connectivity index (χ2n) is 4.25. The molecule has 1 atom stereocenters.